The van der Waals surface area contributed by atoms with Crippen molar-refractivity contribution in [2.75, 3.05) is 19.0 Å². The maximum atomic E-state index is 12.9. The number of halogens is 1. The van der Waals surface area contributed by atoms with E-state index in [1.54, 1.807) is 30.3 Å². The van der Waals surface area contributed by atoms with Gasteiger partial charge >= 0.3 is 0 Å². The first-order valence-corrected chi connectivity index (χ1v) is 11.2. The van der Waals surface area contributed by atoms with Gasteiger partial charge in [-0.2, -0.15) is 5.10 Å². The molecular formula is C25H22BrN5O4. The molecule has 0 saturated heterocycles. The third kappa shape index (κ3) is 7.34. The fourth-order valence-electron chi connectivity index (χ4n) is 2.96. The smallest absolute Gasteiger partial charge is 0.287 e. The molecule has 0 aliphatic heterocycles. The first-order chi connectivity index (χ1) is 16.7. The number of rotatable bonds is 8. The van der Waals surface area contributed by atoms with Crippen LogP contribution in [0, 0.1) is 10.1 Å². The van der Waals surface area contributed by atoms with Gasteiger partial charge in [0.25, 0.3) is 17.5 Å². The Morgan fingerprint density at radius 1 is 1.00 bits per heavy atom. The fraction of sp³-hybridized carbons (Fsp3) is 0.0800. The highest BCUT2D eigenvalue weighted by Gasteiger charge is 2.15. The van der Waals surface area contributed by atoms with Crippen molar-refractivity contribution in [3.05, 3.63) is 110 Å². The number of nitrogens with zero attached hydrogens (tertiary/aromatic N) is 3. The van der Waals surface area contributed by atoms with E-state index in [0.717, 1.165) is 10.2 Å². The number of nitro groups is 1. The third-order valence-electron chi connectivity index (χ3n) is 4.76. The Morgan fingerprint density at radius 3 is 2.37 bits per heavy atom. The number of benzene rings is 3. The lowest BCUT2D eigenvalue weighted by atomic mass is 10.1. The molecule has 2 N–H and O–H groups in total. The van der Waals surface area contributed by atoms with Crippen LogP contribution >= 0.6 is 15.9 Å². The average molecular weight is 536 g/mol. The van der Waals surface area contributed by atoms with Gasteiger partial charge in [-0.1, -0.05) is 46.3 Å². The van der Waals surface area contributed by atoms with E-state index in [0.29, 0.717) is 16.7 Å². The Kier molecular flexibility index (Phi) is 8.47. The van der Waals surface area contributed by atoms with E-state index in [4.69, 9.17) is 0 Å². The number of nitro benzene ring substituents is 1. The third-order valence-corrected chi connectivity index (χ3v) is 5.25. The molecule has 0 bridgehead atoms. The highest BCUT2D eigenvalue weighted by Crippen LogP contribution is 2.16. The van der Waals surface area contributed by atoms with Crippen LogP contribution in [0.25, 0.3) is 6.08 Å². The average Bonchev–Trinajstić information content (AvgIpc) is 2.84. The molecule has 10 heteroatoms. The Bertz CT molecular complexity index is 1300. The molecule has 0 aliphatic carbocycles. The van der Waals surface area contributed by atoms with E-state index < -0.39 is 16.7 Å². The summed E-state index contributed by atoms with van der Waals surface area (Å²) < 4.78 is 0.723. The van der Waals surface area contributed by atoms with Crippen molar-refractivity contribution in [1.29, 1.82) is 0 Å². The van der Waals surface area contributed by atoms with Crippen molar-refractivity contribution in [3.63, 3.8) is 0 Å². The Morgan fingerprint density at radius 2 is 1.71 bits per heavy atom. The number of hydrogen-bond donors (Lipinski definition) is 2. The van der Waals surface area contributed by atoms with Crippen molar-refractivity contribution in [2.24, 2.45) is 5.10 Å². The molecule has 0 saturated carbocycles. The zero-order chi connectivity index (χ0) is 25.4. The lowest BCUT2D eigenvalue weighted by Crippen LogP contribution is -2.32. The normalized spacial score (nSPS) is 11.2. The van der Waals surface area contributed by atoms with Gasteiger partial charge in [0, 0.05) is 47.5 Å². The summed E-state index contributed by atoms with van der Waals surface area (Å²) in [6.45, 7) is 0. The van der Waals surface area contributed by atoms with Crippen LogP contribution in [0.3, 0.4) is 0 Å². The van der Waals surface area contributed by atoms with Crippen LogP contribution < -0.4 is 15.6 Å². The zero-order valence-electron chi connectivity index (χ0n) is 18.9. The monoisotopic (exact) mass is 535 g/mol. The second kappa shape index (κ2) is 11.7. The maximum absolute atomic E-state index is 12.9. The first kappa shape index (κ1) is 25.3. The summed E-state index contributed by atoms with van der Waals surface area (Å²) in [5.41, 5.74) is 4.71. The SMILES string of the molecule is CN(C)c1ccc(/C=C(\NC(=O)c2cccc(Br)c2)C(=O)N/N=C\c2cccc([N+](=O)[O-])c2)cc1. The second-order valence-corrected chi connectivity index (χ2v) is 8.48. The number of amides is 2. The molecule has 2 amide bonds. The number of nitrogens with one attached hydrogen (secondary N) is 2. The summed E-state index contributed by atoms with van der Waals surface area (Å²) in [5.74, 6) is -1.13. The Hall–Kier alpha value is -4.31. The van der Waals surface area contributed by atoms with Crippen LogP contribution in [-0.2, 0) is 4.79 Å². The van der Waals surface area contributed by atoms with Gasteiger partial charge < -0.3 is 10.2 Å². The predicted octanol–water partition coefficient (Wildman–Crippen LogP) is 4.34. The zero-order valence-corrected chi connectivity index (χ0v) is 20.5. The van der Waals surface area contributed by atoms with Crippen LogP contribution in [0.1, 0.15) is 21.5 Å². The molecular weight excluding hydrogens is 514 g/mol. The molecule has 9 nitrogen and oxygen atoms in total. The van der Waals surface area contributed by atoms with Crippen molar-refractivity contribution in [1.82, 2.24) is 10.7 Å². The van der Waals surface area contributed by atoms with Crippen molar-refractivity contribution >= 4 is 51.4 Å². The Labute approximate surface area is 210 Å². The van der Waals surface area contributed by atoms with Crippen LogP contribution in [-0.4, -0.2) is 37.0 Å². The summed E-state index contributed by atoms with van der Waals surface area (Å²) in [7, 11) is 3.84. The quantitative estimate of drug-likeness (QED) is 0.192. The van der Waals surface area contributed by atoms with Gasteiger partial charge in [0.2, 0.25) is 0 Å². The van der Waals surface area contributed by atoms with Crippen molar-refractivity contribution in [3.8, 4) is 0 Å². The van der Waals surface area contributed by atoms with Crippen LogP contribution in [0.2, 0.25) is 0 Å². The Balaban J connectivity index is 1.83. The summed E-state index contributed by atoms with van der Waals surface area (Å²) in [5, 5.41) is 17.5. The standard InChI is InChI=1S/C25H22BrN5O4/c1-30(2)21-11-9-17(10-12-21)14-23(28-24(32)19-6-4-7-20(26)15-19)25(33)29-27-16-18-5-3-8-22(13-18)31(34)35/h3-16H,1-2H3,(H,28,32)(H,29,33)/b23-14-,27-16-. The van der Waals surface area contributed by atoms with Gasteiger partial charge in [0.05, 0.1) is 11.1 Å². The number of hydrazone groups is 1. The van der Waals surface area contributed by atoms with Gasteiger partial charge in [-0.25, -0.2) is 5.43 Å². The van der Waals surface area contributed by atoms with E-state index in [2.05, 4.69) is 31.8 Å². The molecule has 0 aliphatic rings. The predicted molar refractivity (Wildman–Crippen MR) is 139 cm³/mol. The lowest BCUT2D eigenvalue weighted by Gasteiger charge is -2.13. The number of carbonyl (C=O) groups excluding carboxylic acids is 2. The molecule has 0 fully saturated rings. The van der Waals surface area contributed by atoms with E-state index >= 15 is 0 Å². The summed E-state index contributed by atoms with van der Waals surface area (Å²) >= 11 is 3.33. The fourth-order valence-corrected chi connectivity index (χ4v) is 3.36. The van der Waals surface area contributed by atoms with Crippen molar-refractivity contribution < 1.29 is 14.5 Å². The molecule has 0 radical (unpaired) electrons. The van der Waals surface area contributed by atoms with Gasteiger partial charge in [-0.05, 0) is 42.0 Å². The lowest BCUT2D eigenvalue weighted by molar-refractivity contribution is -0.384. The summed E-state index contributed by atoms with van der Waals surface area (Å²) in [4.78, 5) is 38.0. The van der Waals surface area contributed by atoms with E-state index in [-0.39, 0.29) is 11.4 Å². The maximum Gasteiger partial charge on any atom is 0.287 e. The molecule has 35 heavy (non-hydrogen) atoms. The van der Waals surface area contributed by atoms with E-state index in [9.17, 15) is 19.7 Å². The number of non-ortho nitro benzene ring substituents is 1. The van der Waals surface area contributed by atoms with Gasteiger partial charge in [0.15, 0.2) is 0 Å². The number of carbonyl (C=O) groups is 2. The molecule has 3 rings (SSSR count). The van der Waals surface area contributed by atoms with Crippen molar-refractivity contribution in [2.45, 2.75) is 0 Å². The molecule has 3 aromatic rings. The summed E-state index contributed by atoms with van der Waals surface area (Å²) in [6.07, 6.45) is 2.82. The molecule has 0 aromatic heterocycles. The second-order valence-electron chi connectivity index (χ2n) is 7.56. The van der Waals surface area contributed by atoms with Gasteiger partial charge in [0.1, 0.15) is 5.70 Å². The largest absolute Gasteiger partial charge is 0.378 e. The molecule has 0 spiro atoms. The first-order valence-electron chi connectivity index (χ1n) is 10.4. The molecule has 0 unspecified atom stereocenters. The molecule has 0 heterocycles. The molecule has 3 aromatic carbocycles. The minimum absolute atomic E-state index is 0.0243. The number of anilines is 1. The molecule has 178 valence electrons. The minimum atomic E-state index is -0.660. The van der Waals surface area contributed by atoms with E-state index in [1.165, 1.54) is 30.5 Å². The van der Waals surface area contributed by atoms with E-state index in [1.807, 2.05) is 43.3 Å². The number of hydrogen-bond acceptors (Lipinski definition) is 6. The van der Waals surface area contributed by atoms with Gasteiger partial charge in [-0.15, -0.1) is 0 Å². The van der Waals surface area contributed by atoms with Crippen LogP contribution in [0.15, 0.2) is 88.1 Å². The highest BCUT2D eigenvalue weighted by molar-refractivity contribution is 9.10. The van der Waals surface area contributed by atoms with Crippen LogP contribution in [0.4, 0.5) is 11.4 Å². The van der Waals surface area contributed by atoms with Crippen LogP contribution in [0.5, 0.6) is 0 Å². The van der Waals surface area contributed by atoms with Gasteiger partial charge in [-0.3, -0.25) is 19.7 Å². The highest BCUT2D eigenvalue weighted by atomic mass is 79.9. The topological polar surface area (TPSA) is 117 Å². The summed E-state index contributed by atoms with van der Waals surface area (Å²) in [6, 6.07) is 20.0. The molecule has 0 atom stereocenters. The minimum Gasteiger partial charge on any atom is -0.378 e.